The smallest absolute Gasteiger partial charge is 0.242 e. The molecule has 0 radical (unpaired) electrons. The van der Waals surface area contributed by atoms with Crippen molar-refractivity contribution in [3.05, 3.63) is 57.8 Å². The molecule has 2 heterocycles. The molecular formula is C21H26N2O3S. The van der Waals surface area contributed by atoms with Gasteiger partial charge in [-0.25, -0.2) is 0 Å². The van der Waals surface area contributed by atoms with Gasteiger partial charge in [-0.15, -0.1) is 11.3 Å². The Morgan fingerprint density at radius 1 is 1.26 bits per heavy atom. The van der Waals surface area contributed by atoms with E-state index in [1.807, 2.05) is 41.8 Å². The summed E-state index contributed by atoms with van der Waals surface area (Å²) in [6.07, 6.45) is 0.149. The van der Waals surface area contributed by atoms with Crippen LogP contribution in [0.4, 0.5) is 0 Å². The summed E-state index contributed by atoms with van der Waals surface area (Å²) in [6.45, 7) is 4.85. The topological polar surface area (TPSA) is 69.6 Å². The molecule has 1 aliphatic rings. The van der Waals surface area contributed by atoms with Crippen LogP contribution in [0.2, 0.25) is 0 Å². The van der Waals surface area contributed by atoms with Crippen LogP contribution in [-0.4, -0.2) is 34.4 Å². The molecule has 2 aromatic rings. The zero-order chi connectivity index (χ0) is 19.4. The van der Waals surface area contributed by atoms with Gasteiger partial charge in [0.05, 0.1) is 12.6 Å². The quantitative estimate of drug-likeness (QED) is 0.768. The van der Waals surface area contributed by atoms with Crippen LogP contribution in [0, 0.1) is 0 Å². The van der Waals surface area contributed by atoms with E-state index < -0.39 is 12.1 Å². The van der Waals surface area contributed by atoms with Crippen molar-refractivity contribution in [1.82, 2.24) is 10.2 Å². The maximum atomic E-state index is 12.6. The first-order valence-corrected chi connectivity index (χ1v) is 10.2. The highest BCUT2D eigenvalue weighted by Gasteiger charge is 2.36. The van der Waals surface area contributed by atoms with Crippen LogP contribution in [0.5, 0.6) is 0 Å². The first kappa shape index (κ1) is 19.6. The average Bonchev–Trinajstić information content (AvgIpc) is 3.30. The lowest BCUT2D eigenvalue weighted by molar-refractivity contribution is -0.135. The van der Waals surface area contributed by atoms with Gasteiger partial charge in [0, 0.05) is 17.8 Å². The molecule has 0 saturated carbocycles. The molecule has 2 N–H and O–H groups in total. The van der Waals surface area contributed by atoms with Gasteiger partial charge in [0.15, 0.2) is 0 Å². The van der Waals surface area contributed by atoms with Crippen molar-refractivity contribution in [3.8, 4) is 0 Å². The Labute approximate surface area is 164 Å². The minimum absolute atomic E-state index is 0.00775. The number of carbonyl (C=O) groups excluding carboxylic acids is 2. The van der Waals surface area contributed by atoms with Crippen molar-refractivity contribution in [3.63, 3.8) is 0 Å². The summed E-state index contributed by atoms with van der Waals surface area (Å²) in [5.41, 5.74) is 1.99. The molecule has 1 aromatic carbocycles. The third kappa shape index (κ3) is 4.76. The highest BCUT2D eigenvalue weighted by atomic mass is 32.1. The van der Waals surface area contributed by atoms with Gasteiger partial charge in [-0.05, 0) is 34.9 Å². The molecule has 6 heteroatoms. The number of nitrogens with zero attached hydrogens (tertiary/aromatic N) is 1. The maximum Gasteiger partial charge on any atom is 0.242 e. The molecule has 0 bridgehead atoms. The largest absolute Gasteiger partial charge is 0.387 e. The van der Waals surface area contributed by atoms with Gasteiger partial charge in [0.25, 0.3) is 0 Å². The predicted octanol–water partition coefficient (Wildman–Crippen LogP) is 3.21. The second-order valence-electron chi connectivity index (χ2n) is 7.24. The number of hydrogen-bond donors (Lipinski definition) is 2. The normalized spacial score (nSPS) is 18.1. The molecule has 2 unspecified atom stereocenters. The van der Waals surface area contributed by atoms with Crippen molar-refractivity contribution < 1.29 is 14.7 Å². The Morgan fingerprint density at radius 3 is 2.59 bits per heavy atom. The van der Waals surface area contributed by atoms with Gasteiger partial charge < -0.3 is 15.3 Å². The number of thiophene rings is 1. The van der Waals surface area contributed by atoms with Gasteiger partial charge in [0.2, 0.25) is 11.8 Å². The zero-order valence-corrected chi connectivity index (χ0v) is 16.5. The third-order valence-corrected chi connectivity index (χ3v) is 5.86. The van der Waals surface area contributed by atoms with Crippen LogP contribution >= 0.6 is 11.3 Å². The number of rotatable bonds is 7. The third-order valence-electron chi connectivity index (χ3n) is 4.99. The molecule has 1 aromatic heterocycles. The van der Waals surface area contributed by atoms with E-state index in [1.54, 1.807) is 16.2 Å². The van der Waals surface area contributed by atoms with Gasteiger partial charge >= 0.3 is 0 Å². The van der Waals surface area contributed by atoms with Gasteiger partial charge in [0.1, 0.15) is 6.04 Å². The van der Waals surface area contributed by atoms with E-state index in [1.165, 1.54) is 5.56 Å². The molecule has 0 spiro atoms. The number of carbonyl (C=O) groups is 2. The first-order chi connectivity index (χ1) is 13.0. The van der Waals surface area contributed by atoms with E-state index in [2.05, 4.69) is 19.2 Å². The zero-order valence-electron chi connectivity index (χ0n) is 15.7. The van der Waals surface area contributed by atoms with E-state index in [0.717, 1.165) is 10.4 Å². The lowest BCUT2D eigenvalue weighted by Crippen LogP contribution is -2.45. The van der Waals surface area contributed by atoms with E-state index in [0.29, 0.717) is 25.3 Å². The van der Waals surface area contributed by atoms with E-state index in [4.69, 9.17) is 0 Å². The van der Waals surface area contributed by atoms with Crippen LogP contribution in [0.3, 0.4) is 0 Å². The minimum Gasteiger partial charge on any atom is -0.387 e. The summed E-state index contributed by atoms with van der Waals surface area (Å²) in [6, 6.07) is 11.2. The van der Waals surface area contributed by atoms with E-state index >= 15 is 0 Å². The molecule has 2 atom stereocenters. The lowest BCUT2D eigenvalue weighted by Gasteiger charge is -2.24. The maximum absolute atomic E-state index is 12.6. The number of benzene rings is 1. The average molecular weight is 387 g/mol. The number of amides is 2. The molecule has 1 fully saturated rings. The van der Waals surface area contributed by atoms with Crippen molar-refractivity contribution in [2.24, 2.45) is 0 Å². The Balaban J connectivity index is 1.56. The summed E-state index contributed by atoms with van der Waals surface area (Å²) in [7, 11) is 0. The summed E-state index contributed by atoms with van der Waals surface area (Å²) in [5.74, 6) is 0.244. The number of likely N-dealkylation sites (tertiary alicyclic amines) is 1. The molecule has 1 aliphatic heterocycles. The Kier molecular flexibility index (Phi) is 6.29. The van der Waals surface area contributed by atoms with Gasteiger partial charge in [-0.1, -0.05) is 44.2 Å². The number of aliphatic hydroxyl groups is 1. The second-order valence-corrected chi connectivity index (χ2v) is 8.27. The Bertz CT molecular complexity index is 771. The van der Waals surface area contributed by atoms with Crippen LogP contribution < -0.4 is 5.32 Å². The molecule has 2 amide bonds. The summed E-state index contributed by atoms with van der Waals surface area (Å²) >= 11 is 1.58. The molecule has 3 rings (SSSR count). The van der Waals surface area contributed by atoms with Crippen LogP contribution in [-0.2, 0) is 16.1 Å². The number of aliphatic hydroxyl groups excluding tert-OH is 1. The first-order valence-electron chi connectivity index (χ1n) is 9.33. The standard InChI is InChI=1S/C21H26N2O3S/c1-14(2)15-5-7-16(8-6-15)19(24)12-22-21(26)18-9-10-20(25)23(18)13-17-4-3-11-27-17/h3-8,11,14,18-19,24H,9-10,12-13H2,1-2H3,(H,22,26). The summed E-state index contributed by atoms with van der Waals surface area (Å²) in [4.78, 5) is 27.5. The number of hydrogen-bond acceptors (Lipinski definition) is 4. The number of nitrogens with one attached hydrogen (secondary N) is 1. The van der Waals surface area contributed by atoms with Crippen LogP contribution in [0.25, 0.3) is 0 Å². The Morgan fingerprint density at radius 2 is 1.96 bits per heavy atom. The molecule has 27 heavy (non-hydrogen) atoms. The fourth-order valence-electron chi connectivity index (χ4n) is 3.31. The highest BCUT2D eigenvalue weighted by molar-refractivity contribution is 7.09. The molecule has 5 nitrogen and oxygen atoms in total. The van der Waals surface area contributed by atoms with Crippen molar-refractivity contribution >= 4 is 23.2 Å². The molecule has 1 saturated heterocycles. The fraction of sp³-hybridized carbons (Fsp3) is 0.429. The molecular weight excluding hydrogens is 360 g/mol. The van der Waals surface area contributed by atoms with E-state index in [-0.39, 0.29) is 18.4 Å². The molecule has 144 valence electrons. The van der Waals surface area contributed by atoms with Crippen molar-refractivity contribution in [2.75, 3.05) is 6.54 Å². The predicted molar refractivity (Wildman–Crippen MR) is 106 cm³/mol. The van der Waals surface area contributed by atoms with Gasteiger partial charge in [-0.2, -0.15) is 0 Å². The lowest BCUT2D eigenvalue weighted by atomic mass is 10.00. The summed E-state index contributed by atoms with van der Waals surface area (Å²) < 4.78 is 0. The van der Waals surface area contributed by atoms with E-state index in [9.17, 15) is 14.7 Å². The minimum atomic E-state index is -0.766. The SMILES string of the molecule is CC(C)c1ccc(C(O)CNC(=O)C2CCC(=O)N2Cc2cccs2)cc1. The van der Waals surface area contributed by atoms with Crippen LogP contribution in [0.15, 0.2) is 41.8 Å². The molecule has 0 aliphatic carbocycles. The van der Waals surface area contributed by atoms with Crippen molar-refractivity contribution in [2.45, 2.75) is 51.3 Å². The summed E-state index contributed by atoms with van der Waals surface area (Å²) in [5, 5.41) is 15.1. The second kappa shape index (κ2) is 8.67. The van der Waals surface area contributed by atoms with Gasteiger partial charge in [-0.3, -0.25) is 9.59 Å². The highest BCUT2D eigenvalue weighted by Crippen LogP contribution is 2.24. The fourth-order valence-corrected chi connectivity index (χ4v) is 4.01. The van der Waals surface area contributed by atoms with Crippen LogP contribution in [0.1, 0.15) is 54.7 Å². The Hall–Kier alpha value is -2.18. The monoisotopic (exact) mass is 386 g/mol. The van der Waals surface area contributed by atoms with Crippen molar-refractivity contribution in [1.29, 1.82) is 0 Å².